The first kappa shape index (κ1) is 17.5. The molecule has 27 heavy (non-hydrogen) atoms. The van der Waals surface area contributed by atoms with Gasteiger partial charge in [0.05, 0.1) is 26.3 Å². The van der Waals surface area contributed by atoms with Crippen LogP contribution >= 0.6 is 0 Å². The Morgan fingerprint density at radius 3 is 2.48 bits per heavy atom. The SMILES string of the molecule is COc1ccc2cc(C3C(C4CCCN(C5CCC5)C4)N3OC)ccc2c1. The highest BCUT2D eigenvalue weighted by atomic mass is 16.7. The molecule has 3 fully saturated rings. The van der Waals surface area contributed by atoms with Gasteiger partial charge < -0.3 is 14.5 Å². The molecule has 4 nitrogen and oxygen atoms in total. The van der Waals surface area contributed by atoms with Gasteiger partial charge in [0.25, 0.3) is 0 Å². The fourth-order valence-corrected chi connectivity index (χ4v) is 5.23. The van der Waals surface area contributed by atoms with Gasteiger partial charge >= 0.3 is 0 Å². The summed E-state index contributed by atoms with van der Waals surface area (Å²) in [5, 5.41) is 4.72. The lowest BCUT2D eigenvalue weighted by atomic mass is 9.86. The van der Waals surface area contributed by atoms with E-state index in [1.807, 2.05) is 13.2 Å². The third-order valence-corrected chi connectivity index (χ3v) is 6.99. The van der Waals surface area contributed by atoms with Crippen molar-refractivity contribution in [3.8, 4) is 5.75 Å². The Hall–Kier alpha value is -1.62. The van der Waals surface area contributed by atoms with Crippen LogP contribution in [-0.4, -0.2) is 49.4 Å². The molecular formula is C23H30N2O2. The predicted molar refractivity (Wildman–Crippen MR) is 108 cm³/mol. The molecule has 0 bridgehead atoms. The van der Waals surface area contributed by atoms with E-state index >= 15 is 0 Å². The third kappa shape index (κ3) is 3.14. The van der Waals surface area contributed by atoms with E-state index in [2.05, 4.69) is 40.3 Å². The van der Waals surface area contributed by atoms with Crippen molar-refractivity contribution in [1.82, 2.24) is 9.96 Å². The molecule has 4 atom stereocenters. The van der Waals surface area contributed by atoms with E-state index in [4.69, 9.17) is 9.57 Å². The minimum atomic E-state index is 0.396. The molecular weight excluding hydrogens is 336 g/mol. The van der Waals surface area contributed by atoms with E-state index in [-0.39, 0.29) is 0 Å². The minimum Gasteiger partial charge on any atom is -0.497 e. The second-order valence-corrected chi connectivity index (χ2v) is 8.43. The van der Waals surface area contributed by atoms with Crippen molar-refractivity contribution in [1.29, 1.82) is 0 Å². The molecule has 4 unspecified atom stereocenters. The van der Waals surface area contributed by atoms with Crippen LogP contribution in [0.4, 0.5) is 0 Å². The van der Waals surface area contributed by atoms with Crippen LogP contribution in [0.15, 0.2) is 36.4 Å². The number of benzene rings is 2. The van der Waals surface area contributed by atoms with Crippen molar-refractivity contribution in [2.24, 2.45) is 5.92 Å². The van der Waals surface area contributed by atoms with E-state index in [0.29, 0.717) is 12.1 Å². The monoisotopic (exact) mass is 366 g/mol. The van der Waals surface area contributed by atoms with Gasteiger partial charge in [-0.05, 0) is 72.7 Å². The van der Waals surface area contributed by atoms with Gasteiger partial charge in [0, 0.05) is 12.6 Å². The van der Waals surface area contributed by atoms with Gasteiger partial charge in [-0.25, -0.2) is 0 Å². The summed E-state index contributed by atoms with van der Waals surface area (Å²) in [4.78, 5) is 8.53. The predicted octanol–water partition coefficient (Wildman–Crippen LogP) is 4.40. The van der Waals surface area contributed by atoms with Crippen molar-refractivity contribution >= 4 is 10.8 Å². The smallest absolute Gasteiger partial charge is 0.119 e. The quantitative estimate of drug-likeness (QED) is 0.732. The zero-order valence-corrected chi connectivity index (χ0v) is 16.4. The zero-order chi connectivity index (χ0) is 18.4. The fourth-order valence-electron chi connectivity index (χ4n) is 5.23. The van der Waals surface area contributed by atoms with E-state index in [0.717, 1.165) is 17.7 Å². The van der Waals surface area contributed by atoms with Crippen LogP contribution in [0.1, 0.15) is 43.7 Å². The Bertz CT molecular complexity index is 819. The molecule has 2 aliphatic heterocycles. The number of nitrogens with zero attached hydrogens (tertiary/aromatic N) is 2. The molecule has 0 radical (unpaired) electrons. The number of hydrogen-bond donors (Lipinski definition) is 0. The number of hydrogen-bond acceptors (Lipinski definition) is 4. The summed E-state index contributed by atoms with van der Waals surface area (Å²) in [7, 11) is 3.54. The normalized spacial score (nSPS) is 31.6. The molecule has 2 aromatic rings. The van der Waals surface area contributed by atoms with Crippen molar-refractivity contribution in [2.75, 3.05) is 27.3 Å². The molecule has 2 aromatic carbocycles. The summed E-state index contributed by atoms with van der Waals surface area (Å²) in [5.41, 5.74) is 1.38. The molecule has 1 saturated carbocycles. The highest BCUT2D eigenvalue weighted by Crippen LogP contribution is 2.50. The lowest BCUT2D eigenvalue weighted by molar-refractivity contribution is -0.0597. The van der Waals surface area contributed by atoms with Crippen molar-refractivity contribution in [3.05, 3.63) is 42.0 Å². The van der Waals surface area contributed by atoms with Crippen molar-refractivity contribution < 1.29 is 9.57 Å². The van der Waals surface area contributed by atoms with Gasteiger partial charge in [-0.3, -0.25) is 0 Å². The number of rotatable bonds is 5. The van der Waals surface area contributed by atoms with Gasteiger partial charge in [-0.2, -0.15) is 5.06 Å². The van der Waals surface area contributed by atoms with Crippen LogP contribution in [-0.2, 0) is 4.84 Å². The van der Waals surface area contributed by atoms with E-state index in [9.17, 15) is 0 Å². The Morgan fingerprint density at radius 1 is 0.926 bits per heavy atom. The molecule has 2 saturated heterocycles. The molecule has 3 aliphatic rings. The van der Waals surface area contributed by atoms with Gasteiger partial charge in [0.15, 0.2) is 0 Å². The summed E-state index contributed by atoms with van der Waals surface area (Å²) in [5.74, 6) is 1.63. The fraction of sp³-hybridized carbons (Fsp3) is 0.565. The molecule has 0 spiro atoms. The van der Waals surface area contributed by atoms with E-state index < -0.39 is 0 Å². The topological polar surface area (TPSA) is 24.7 Å². The van der Waals surface area contributed by atoms with Crippen molar-refractivity contribution in [2.45, 2.75) is 50.2 Å². The number of fused-ring (bicyclic) bond motifs is 1. The van der Waals surface area contributed by atoms with Crippen LogP contribution in [0.25, 0.3) is 10.8 Å². The lowest BCUT2D eigenvalue weighted by Gasteiger charge is -2.42. The van der Waals surface area contributed by atoms with Crippen LogP contribution in [0.5, 0.6) is 5.75 Å². The summed E-state index contributed by atoms with van der Waals surface area (Å²) in [6.45, 7) is 2.54. The molecule has 144 valence electrons. The average Bonchev–Trinajstić information content (AvgIpc) is 3.40. The third-order valence-electron chi connectivity index (χ3n) is 6.99. The summed E-state index contributed by atoms with van der Waals surface area (Å²) in [6, 6.07) is 14.9. The first-order valence-electron chi connectivity index (χ1n) is 10.4. The van der Waals surface area contributed by atoms with Gasteiger partial charge in [0.1, 0.15) is 5.75 Å². The number of hydroxylamine groups is 2. The Kier molecular flexibility index (Phi) is 4.58. The second-order valence-electron chi connectivity index (χ2n) is 8.43. The number of methoxy groups -OCH3 is 1. The maximum Gasteiger partial charge on any atom is 0.119 e. The standard InChI is InChI=1S/C23H30N2O2/c1-26-21-11-10-16-13-18(9-8-17(16)14-21)22-23(25(22)27-2)19-5-4-12-24(15-19)20-6-3-7-20/h8-11,13-14,19-20,22-23H,3-7,12,15H2,1-2H3. The molecule has 0 N–H and O–H groups in total. The number of piperidine rings is 1. The largest absolute Gasteiger partial charge is 0.497 e. The molecule has 0 amide bonds. The Morgan fingerprint density at radius 2 is 1.74 bits per heavy atom. The first-order valence-corrected chi connectivity index (χ1v) is 10.4. The molecule has 4 heteroatoms. The summed E-state index contributed by atoms with van der Waals surface area (Å²) < 4.78 is 5.35. The van der Waals surface area contributed by atoms with Crippen LogP contribution in [0.3, 0.4) is 0 Å². The summed E-state index contributed by atoms with van der Waals surface area (Å²) in [6.07, 6.45) is 6.89. The van der Waals surface area contributed by atoms with Gasteiger partial charge in [-0.1, -0.05) is 24.6 Å². The first-order chi connectivity index (χ1) is 13.3. The van der Waals surface area contributed by atoms with Crippen LogP contribution < -0.4 is 4.74 Å². The summed E-state index contributed by atoms with van der Waals surface area (Å²) >= 11 is 0. The van der Waals surface area contributed by atoms with E-state index in [1.165, 1.54) is 61.5 Å². The molecule has 2 heterocycles. The van der Waals surface area contributed by atoms with Gasteiger partial charge in [-0.15, -0.1) is 0 Å². The van der Waals surface area contributed by atoms with Gasteiger partial charge in [0.2, 0.25) is 0 Å². The maximum atomic E-state index is 5.77. The number of ether oxygens (including phenoxy) is 1. The highest BCUT2D eigenvalue weighted by Gasteiger charge is 2.54. The molecule has 5 rings (SSSR count). The minimum absolute atomic E-state index is 0.396. The number of likely N-dealkylation sites (tertiary alicyclic amines) is 1. The Balaban J connectivity index is 1.35. The van der Waals surface area contributed by atoms with E-state index in [1.54, 1.807) is 7.11 Å². The highest BCUT2D eigenvalue weighted by molar-refractivity contribution is 5.84. The second kappa shape index (κ2) is 7.08. The average molecular weight is 367 g/mol. The van der Waals surface area contributed by atoms with Crippen LogP contribution in [0, 0.1) is 5.92 Å². The maximum absolute atomic E-state index is 5.77. The van der Waals surface area contributed by atoms with Crippen molar-refractivity contribution in [3.63, 3.8) is 0 Å². The molecule has 1 aliphatic carbocycles. The van der Waals surface area contributed by atoms with Crippen LogP contribution in [0.2, 0.25) is 0 Å². The zero-order valence-electron chi connectivity index (χ0n) is 16.4. The Labute approximate surface area is 162 Å². The lowest BCUT2D eigenvalue weighted by Crippen LogP contribution is -2.47. The molecule has 0 aromatic heterocycles.